The summed E-state index contributed by atoms with van der Waals surface area (Å²) in [7, 11) is 0. The quantitative estimate of drug-likeness (QED) is 0.177. The third-order valence-corrected chi connectivity index (χ3v) is 13.3. The Bertz CT molecular complexity index is 2880. The van der Waals surface area contributed by atoms with Crippen LogP contribution in [0.25, 0.3) is 87.5 Å². The summed E-state index contributed by atoms with van der Waals surface area (Å²) in [6.07, 6.45) is 6.48. The van der Waals surface area contributed by atoms with Crippen molar-refractivity contribution in [3.8, 4) is 67.3 Å². The summed E-state index contributed by atoms with van der Waals surface area (Å²) in [5.41, 5.74) is 16.1. The summed E-state index contributed by atoms with van der Waals surface area (Å²) in [5.74, 6) is 0.728. The summed E-state index contributed by atoms with van der Waals surface area (Å²) in [5, 5.41) is 2.55. The second-order valence-corrected chi connectivity index (χ2v) is 16.3. The van der Waals surface area contributed by atoms with E-state index in [1.54, 1.807) is 5.56 Å². The summed E-state index contributed by atoms with van der Waals surface area (Å²) in [6, 6.07) is 61.9. The number of hydrogen-bond acceptors (Lipinski definition) is 3. The molecule has 2 aliphatic rings. The molecular weight excluding hydrogens is 685 g/mol. The maximum absolute atomic E-state index is 5.18. The highest BCUT2D eigenvalue weighted by atomic mass is 32.1. The van der Waals surface area contributed by atoms with E-state index in [9.17, 15) is 0 Å². The van der Waals surface area contributed by atoms with Gasteiger partial charge in [-0.2, -0.15) is 0 Å². The van der Waals surface area contributed by atoms with Crippen LogP contribution < -0.4 is 0 Å². The Kier molecular flexibility index (Phi) is 7.63. The van der Waals surface area contributed by atoms with E-state index in [0.29, 0.717) is 0 Å². The van der Waals surface area contributed by atoms with Gasteiger partial charge in [-0.1, -0.05) is 165 Å². The predicted molar refractivity (Wildman–Crippen MR) is 231 cm³/mol. The van der Waals surface area contributed by atoms with Gasteiger partial charge in [-0.25, -0.2) is 9.97 Å². The van der Waals surface area contributed by atoms with Crippen LogP contribution in [0.1, 0.15) is 43.2 Å². The molecule has 3 heteroatoms. The number of aromatic nitrogens is 2. The summed E-state index contributed by atoms with van der Waals surface area (Å²) < 4.78 is 2.62. The fourth-order valence-electron chi connectivity index (χ4n) is 9.43. The SMILES string of the molecule is c1ccc(-c2ccc(-c3cc(-c4ccc5sc6c(-c7ccc8c(c7)-c7ccccc7C87CCCCC7)cccc6c5c4)nc(-c4ccccc4)n3)cc2)cc1. The lowest BCUT2D eigenvalue weighted by Gasteiger charge is -2.36. The zero-order valence-corrected chi connectivity index (χ0v) is 31.3. The molecule has 0 N–H and O–H groups in total. The number of rotatable bonds is 5. The molecule has 7 aromatic carbocycles. The Labute approximate surface area is 325 Å². The third-order valence-electron chi connectivity index (χ3n) is 12.1. The van der Waals surface area contributed by atoms with Crippen LogP contribution in [0.5, 0.6) is 0 Å². The average molecular weight is 723 g/mol. The van der Waals surface area contributed by atoms with E-state index in [-0.39, 0.29) is 5.41 Å². The normalized spacial score (nSPS) is 14.3. The number of benzene rings is 7. The monoisotopic (exact) mass is 722 g/mol. The first-order valence-electron chi connectivity index (χ1n) is 19.5. The lowest BCUT2D eigenvalue weighted by Crippen LogP contribution is -2.27. The molecule has 1 spiro atoms. The van der Waals surface area contributed by atoms with Crippen molar-refractivity contribution in [3.63, 3.8) is 0 Å². The van der Waals surface area contributed by atoms with Crippen molar-refractivity contribution in [1.29, 1.82) is 0 Å². The van der Waals surface area contributed by atoms with Gasteiger partial charge in [0.2, 0.25) is 0 Å². The van der Waals surface area contributed by atoms with Gasteiger partial charge >= 0.3 is 0 Å². The summed E-state index contributed by atoms with van der Waals surface area (Å²) in [4.78, 5) is 10.3. The van der Waals surface area contributed by atoms with Gasteiger partial charge in [0.25, 0.3) is 0 Å². The Morgan fingerprint density at radius 3 is 1.82 bits per heavy atom. The maximum atomic E-state index is 5.18. The molecule has 1 saturated carbocycles. The summed E-state index contributed by atoms with van der Waals surface area (Å²) in [6.45, 7) is 0. The second-order valence-electron chi connectivity index (χ2n) is 15.2. The van der Waals surface area contributed by atoms with Crippen molar-refractivity contribution in [2.45, 2.75) is 37.5 Å². The minimum absolute atomic E-state index is 0.176. The van der Waals surface area contributed by atoms with E-state index in [4.69, 9.17) is 9.97 Å². The van der Waals surface area contributed by atoms with Crippen LogP contribution in [0.2, 0.25) is 0 Å². The van der Waals surface area contributed by atoms with Gasteiger partial charge in [0, 0.05) is 42.3 Å². The van der Waals surface area contributed by atoms with Gasteiger partial charge in [-0.3, -0.25) is 0 Å². The Hall–Kier alpha value is -6.16. The molecule has 0 radical (unpaired) electrons. The van der Waals surface area contributed by atoms with Crippen LogP contribution in [0.3, 0.4) is 0 Å². The summed E-state index contributed by atoms with van der Waals surface area (Å²) >= 11 is 1.89. The van der Waals surface area contributed by atoms with Crippen LogP contribution in [0, 0.1) is 0 Å². The Morgan fingerprint density at radius 2 is 1.02 bits per heavy atom. The van der Waals surface area contributed by atoms with E-state index in [0.717, 1.165) is 33.9 Å². The molecule has 0 bridgehead atoms. The largest absolute Gasteiger partial charge is 0.228 e. The molecule has 2 aromatic heterocycles. The fourth-order valence-corrected chi connectivity index (χ4v) is 10.7. The standard InChI is InChI=1S/C52H38N2S/c1-4-13-34(14-5-1)35-21-23-36(24-22-35)47-33-48(54-51(53-47)37-15-6-2-7-16-37)39-26-28-49-44(32-39)42-19-12-18-40(50(42)55-49)38-25-27-46-43(31-38)41-17-8-9-20-45(41)52(46)29-10-3-11-30-52/h1-2,4-9,12-28,31-33H,3,10-11,29-30H2. The first-order valence-corrected chi connectivity index (χ1v) is 20.3. The first kappa shape index (κ1) is 32.3. The van der Waals surface area contributed by atoms with Crippen LogP contribution >= 0.6 is 11.3 Å². The molecule has 262 valence electrons. The molecule has 0 amide bonds. The molecule has 0 unspecified atom stereocenters. The molecule has 2 nitrogen and oxygen atoms in total. The molecule has 1 fully saturated rings. The Balaban J connectivity index is 1.01. The average Bonchev–Trinajstić information content (AvgIpc) is 3.77. The lowest BCUT2D eigenvalue weighted by molar-refractivity contribution is 0.353. The molecule has 0 aliphatic heterocycles. The molecule has 0 saturated heterocycles. The molecule has 9 aromatic rings. The molecule has 2 heterocycles. The van der Waals surface area contributed by atoms with Gasteiger partial charge in [-0.15, -0.1) is 11.3 Å². The van der Waals surface area contributed by atoms with Crippen LogP contribution in [-0.4, -0.2) is 9.97 Å². The van der Waals surface area contributed by atoms with E-state index >= 15 is 0 Å². The second kappa shape index (κ2) is 13.0. The Morgan fingerprint density at radius 1 is 0.400 bits per heavy atom. The van der Waals surface area contributed by atoms with E-state index < -0.39 is 0 Å². The third kappa shape index (κ3) is 5.37. The van der Waals surface area contributed by atoms with Gasteiger partial charge < -0.3 is 0 Å². The number of thiophene rings is 1. The van der Waals surface area contributed by atoms with E-state index in [2.05, 4.69) is 164 Å². The van der Waals surface area contributed by atoms with Crippen LogP contribution in [0.4, 0.5) is 0 Å². The zero-order valence-electron chi connectivity index (χ0n) is 30.5. The molecule has 2 aliphatic carbocycles. The fraction of sp³-hybridized carbons (Fsp3) is 0.115. The minimum atomic E-state index is 0.176. The molecule has 0 atom stereocenters. The van der Waals surface area contributed by atoms with Crippen molar-refractivity contribution in [2.75, 3.05) is 0 Å². The van der Waals surface area contributed by atoms with Crippen molar-refractivity contribution in [2.24, 2.45) is 0 Å². The topological polar surface area (TPSA) is 25.8 Å². The van der Waals surface area contributed by atoms with Crippen LogP contribution in [-0.2, 0) is 5.41 Å². The number of nitrogens with zero attached hydrogens (tertiary/aromatic N) is 2. The van der Waals surface area contributed by atoms with Crippen molar-refractivity contribution in [3.05, 3.63) is 181 Å². The van der Waals surface area contributed by atoms with Crippen molar-refractivity contribution < 1.29 is 0 Å². The van der Waals surface area contributed by atoms with E-state index in [1.165, 1.54) is 91.2 Å². The highest BCUT2D eigenvalue weighted by Crippen LogP contribution is 2.56. The molecular formula is C52H38N2S. The van der Waals surface area contributed by atoms with Crippen molar-refractivity contribution in [1.82, 2.24) is 9.97 Å². The zero-order chi connectivity index (χ0) is 36.3. The number of fused-ring (bicyclic) bond motifs is 8. The minimum Gasteiger partial charge on any atom is -0.228 e. The maximum Gasteiger partial charge on any atom is 0.160 e. The van der Waals surface area contributed by atoms with Gasteiger partial charge in [0.1, 0.15) is 0 Å². The van der Waals surface area contributed by atoms with Gasteiger partial charge in [0.15, 0.2) is 5.82 Å². The number of hydrogen-bond donors (Lipinski definition) is 0. The molecule has 55 heavy (non-hydrogen) atoms. The van der Waals surface area contributed by atoms with Crippen LogP contribution in [0.15, 0.2) is 170 Å². The lowest BCUT2D eigenvalue weighted by atomic mass is 9.68. The highest BCUT2D eigenvalue weighted by Gasteiger charge is 2.43. The predicted octanol–water partition coefficient (Wildman–Crippen LogP) is 14.4. The smallest absolute Gasteiger partial charge is 0.160 e. The highest BCUT2D eigenvalue weighted by molar-refractivity contribution is 7.26. The molecule has 11 rings (SSSR count). The van der Waals surface area contributed by atoms with E-state index in [1.807, 2.05) is 17.4 Å². The van der Waals surface area contributed by atoms with Gasteiger partial charge in [0.05, 0.1) is 11.4 Å². The van der Waals surface area contributed by atoms with Gasteiger partial charge in [-0.05, 0) is 81.6 Å². The first-order chi connectivity index (χ1) is 27.2. The van der Waals surface area contributed by atoms with Crippen molar-refractivity contribution >= 4 is 31.5 Å².